The van der Waals surface area contributed by atoms with Crippen LogP contribution in [0.5, 0.6) is 5.75 Å². The van der Waals surface area contributed by atoms with E-state index in [4.69, 9.17) is 4.74 Å². The van der Waals surface area contributed by atoms with Crippen molar-refractivity contribution in [2.75, 3.05) is 25.6 Å². The molecular weight excluding hydrogens is 303 g/mol. The van der Waals surface area contributed by atoms with Crippen LogP contribution in [-0.2, 0) is 4.74 Å². The summed E-state index contributed by atoms with van der Waals surface area (Å²) in [4.78, 5) is 0. The zero-order valence-corrected chi connectivity index (χ0v) is 10.6. The molecule has 96 valence electrons. The monoisotopic (exact) mass is 313 g/mol. The summed E-state index contributed by atoms with van der Waals surface area (Å²) in [5.74, 6) is 0.655. The Balaban J connectivity index is 2.40. The van der Waals surface area contributed by atoms with Crippen molar-refractivity contribution in [2.45, 2.75) is 6.36 Å². The number of benzene rings is 1. The summed E-state index contributed by atoms with van der Waals surface area (Å²) in [6.07, 6.45) is -4.58. The molecule has 0 fully saturated rings. The molecule has 0 unspecified atom stereocenters. The Bertz CT molecular complexity index is 371. The maximum atomic E-state index is 11.7. The molecule has 0 aliphatic rings. The van der Waals surface area contributed by atoms with Gasteiger partial charge >= 0.3 is 6.36 Å². The van der Waals surface area contributed by atoms with E-state index in [0.29, 0.717) is 11.4 Å². The highest BCUT2D eigenvalue weighted by atomic mass is 79.9. The van der Waals surface area contributed by atoms with Gasteiger partial charge in [-0.1, -0.05) is 0 Å². The van der Waals surface area contributed by atoms with Crippen LogP contribution in [0.15, 0.2) is 22.7 Å². The molecule has 0 saturated carbocycles. The van der Waals surface area contributed by atoms with E-state index in [2.05, 4.69) is 26.0 Å². The molecule has 0 saturated heterocycles. The van der Waals surface area contributed by atoms with Gasteiger partial charge < -0.3 is 10.1 Å². The van der Waals surface area contributed by atoms with Crippen LogP contribution in [0.1, 0.15) is 0 Å². The first-order valence-electron chi connectivity index (χ1n) is 4.70. The van der Waals surface area contributed by atoms with E-state index < -0.39 is 13.0 Å². The maximum Gasteiger partial charge on any atom is 0.522 e. The normalized spacial score (nSPS) is 11.4. The first-order valence-corrected chi connectivity index (χ1v) is 5.50. The lowest BCUT2D eigenvalue weighted by Gasteiger charge is -2.10. The number of nitrogens with one attached hydrogen (secondary N) is 1. The van der Waals surface area contributed by atoms with Crippen molar-refractivity contribution < 1.29 is 22.6 Å². The number of anilines is 1. The summed E-state index contributed by atoms with van der Waals surface area (Å²) < 4.78 is 44.4. The topological polar surface area (TPSA) is 30.5 Å². The Morgan fingerprint density at radius 2 is 2.06 bits per heavy atom. The highest BCUT2D eigenvalue weighted by molar-refractivity contribution is 9.10. The van der Waals surface area contributed by atoms with Crippen molar-refractivity contribution >= 4 is 21.6 Å². The average Bonchev–Trinajstić information content (AvgIpc) is 2.23. The lowest BCUT2D eigenvalue weighted by Crippen LogP contribution is -2.19. The number of methoxy groups -OCH3 is 1. The molecule has 0 atom stereocenters. The van der Waals surface area contributed by atoms with Gasteiger partial charge in [-0.3, -0.25) is 4.74 Å². The van der Waals surface area contributed by atoms with E-state index in [1.807, 2.05) is 0 Å². The third-order valence-corrected chi connectivity index (χ3v) is 2.47. The fourth-order valence-electron chi connectivity index (χ4n) is 1.14. The van der Waals surface area contributed by atoms with Crippen LogP contribution in [-0.4, -0.2) is 26.6 Å². The zero-order valence-electron chi connectivity index (χ0n) is 8.97. The van der Waals surface area contributed by atoms with E-state index in [0.717, 1.165) is 4.47 Å². The lowest BCUT2D eigenvalue weighted by atomic mass is 10.3. The van der Waals surface area contributed by atoms with Gasteiger partial charge in [-0.2, -0.15) is 0 Å². The lowest BCUT2D eigenvalue weighted by molar-refractivity contribution is -0.322. The van der Waals surface area contributed by atoms with Crippen LogP contribution in [0.4, 0.5) is 18.9 Å². The molecule has 3 nitrogen and oxygen atoms in total. The van der Waals surface area contributed by atoms with Crippen molar-refractivity contribution in [1.29, 1.82) is 0 Å². The number of rotatable bonds is 5. The second-order valence-corrected chi connectivity index (χ2v) is 3.92. The number of hydrogen-bond donors (Lipinski definition) is 1. The van der Waals surface area contributed by atoms with Gasteiger partial charge in [0.1, 0.15) is 5.75 Å². The van der Waals surface area contributed by atoms with Gasteiger partial charge in [0.2, 0.25) is 0 Å². The van der Waals surface area contributed by atoms with Crippen molar-refractivity contribution in [1.82, 2.24) is 0 Å². The van der Waals surface area contributed by atoms with Crippen LogP contribution in [0, 0.1) is 0 Å². The Morgan fingerprint density at radius 1 is 1.35 bits per heavy atom. The minimum Gasteiger partial charge on any atom is -0.496 e. The second-order valence-electron chi connectivity index (χ2n) is 3.07. The molecule has 0 amide bonds. The molecule has 1 rings (SSSR count). The first-order chi connectivity index (χ1) is 7.92. The van der Waals surface area contributed by atoms with Gasteiger partial charge in [-0.15, -0.1) is 13.2 Å². The number of ether oxygens (including phenoxy) is 2. The summed E-state index contributed by atoms with van der Waals surface area (Å²) in [6.45, 7) is -0.370. The third-order valence-electron chi connectivity index (χ3n) is 1.85. The summed E-state index contributed by atoms with van der Waals surface area (Å²) >= 11 is 3.27. The summed E-state index contributed by atoms with van der Waals surface area (Å²) in [7, 11) is 1.53. The standard InChI is InChI=1S/C10H11BrF3NO2/c1-16-9-3-2-7(6-8(9)11)15-4-5-17-10(12,13)14/h2-3,6,15H,4-5H2,1H3. The molecule has 0 radical (unpaired) electrons. The van der Waals surface area contributed by atoms with E-state index in [-0.39, 0.29) is 6.54 Å². The van der Waals surface area contributed by atoms with Gasteiger partial charge in [0, 0.05) is 12.2 Å². The van der Waals surface area contributed by atoms with Gasteiger partial charge in [0.05, 0.1) is 18.2 Å². The SMILES string of the molecule is COc1ccc(NCCOC(F)(F)F)cc1Br. The summed E-state index contributed by atoms with van der Waals surface area (Å²) in [5, 5.41) is 2.80. The van der Waals surface area contributed by atoms with Crippen molar-refractivity contribution in [3.8, 4) is 5.75 Å². The van der Waals surface area contributed by atoms with E-state index in [1.54, 1.807) is 18.2 Å². The molecule has 0 heterocycles. The Hall–Kier alpha value is -0.950. The predicted octanol–water partition coefficient (Wildman–Crippen LogP) is 3.41. The Labute approximate surface area is 105 Å². The average molecular weight is 314 g/mol. The first kappa shape index (κ1) is 14.1. The third kappa shape index (κ3) is 5.27. The van der Waals surface area contributed by atoms with E-state index in [9.17, 15) is 13.2 Å². The van der Waals surface area contributed by atoms with Crippen LogP contribution < -0.4 is 10.1 Å². The zero-order chi connectivity index (χ0) is 12.9. The van der Waals surface area contributed by atoms with Gasteiger partial charge in [0.15, 0.2) is 0 Å². The number of halogens is 4. The van der Waals surface area contributed by atoms with Crippen LogP contribution >= 0.6 is 15.9 Å². The smallest absolute Gasteiger partial charge is 0.496 e. The summed E-state index contributed by atoms with van der Waals surface area (Å²) in [5.41, 5.74) is 0.684. The van der Waals surface area contributed by atoms with Gasteiger partial charge in [-0.05, 0) is 34.1 Å². The van der Waals surface area contributed by atoms with Crippen molar-refractivity contribution in [2.24, 2.45) is 0 Å². The van der Waals surface area contributed by atoms with Crippen LogP contribution in [0.3, 0.4) is 0 Å². The second kappa shape index (κ2) is 6.11. The largest absolute Gasteiger partial charge is 0.522 e. The predicted molar refractivity (Wildman–Crippen MR) is 61.2 cm³/mol. The fourth-order valence-corrected chi connectivity index (χ4v) is 1.68. The molecule has 0 aliphatic heterocycles. The van der Waals surface area contributed by atoms with Crippen LogP contribution in [0.25, 0.3) is 0 Å². The number of alkyl halides is 3. The maximum absolute atomic E-state index is 11.7. The molecule has 1 aromatic rings. The molecule has 17 heavy (non-hydrogen) atoms. The molecule has 0 spiro atoms. The molecule has 1 aromatic carbocycles. The Morgan fingerprint density at radius 3 is 2.59 bits per heavy atom. The quantitative estimate of drug-likeness (QED) is 0.845. The molecule has 0 aliphatic carbocycles. The highest BCUT2D eigenvalue weighted by Gasteiger charge is 2.28. The van der Waals surface area contributed by atoms with Crippen LogP contribution in [0.2, 0.25) is 0 Å². The number of hydrogen-bond acceptors (Lipinski definition) is 3. The van der Waals surface area contributed by atoms with Crippen molar-refractivity contribution in [3.05, 3.63) is 22.7 Å². The van der Waals surface area contributed by atoms with E-state index >= 15 is 0 Å². The minimum atomic E-state index is -4.58. The van der Waals surface area contributed by atoms with Crippen molar-refractivity contribution in [3.63, 3.8) is 0 Å². The fraction of sp³-hybridized carbons (Fsp3) is 0.400. The van der Waals surface area contributed by atoms with Gasteiger partial charge in [0.25, 0.3) is 0 Å². The Kier molecular flexibility index (Phi) is 5.07. The highest BCUT2D eigenvalue weighted by Crippen LogP contribution is 2.27. The summed E-state index contributed by atoms with van der Waals surface area (Å²) in [6, 6.07) is 5.13. The molecule has 0 bridgehead atoms. The molecular formula is C10H11BrF3NO2. The molecule has 0 aromatic heterocycles. The van der Waals surface area contributed by atoms with Gasteiger partial charge in [-0.25, -0.2) is 0 Å². The molecule has 1 N–H and O–H groups in total. The van der Waals surface area contributed by atoms with E-state index in [1.165, 1.54) is 7.11 Å². The minimum absolute atomic E-state index is 0.0677. The molecule has 7 heteroatoms.